The first-order chi connectivity index (χ1) is 5.45. The number of carbonyl (C=O) groups excluding carboxylic acids is 1. The lowest BCUT2D eigenvalue weighted by atomic mass is 10.6. The lowest BCUT2D eigenvalue weighted by molar-refractivity contribution is -0.116. The van der Waals surface area contributed by atoms with Gasteiger partial charge < -0.3 is 5.32 Å². The molecule has 0 aromatic heterocycles. The van der Waals surface area contributed by atoms with Gasteiger partial charge in [-0.15, -0.1) is 0 Å². The topological polar surface area (TPSA) is 29.1 Å². The summed E-state index contributed by atoms with van der Waals surface area (Å²) in [4.78, 5) is 10.4. The number of carbonyl (C=O) groups is 1. The van der Waals surface area contributed by atoms with Crippen molar-refractivity contribution in [2.24, 2.45) is 0 Å². The third-order valence-corrected chi connectivity index (χ3v) is 1.59. The van der Waals surface area contributed by atoms with Crippen molar-refractivity contribution < 1.29 is 18.0 Å². The molecule has 0 heterocycles. The van der Waals surface area contributed by atoms with Crippen LogP contribution < -0.4 is 5.32 Å². The number of rotatable bonds is 4. The highest BCUT2D eigenvalue weighted by Crippen LogP contribution is 2.29. The Hall–Kier alpha value is -0.650. The minimum Gasteiger partial charge on any atom is -0.352 e. The smallest absolute Gasteiger partial charge is 0.352 e. The number of nitrogens with one attached hydrogen (secondary N) is 1. The third-order valence-electron chi connectivity index (χ3n) is 0.852. The van der Waals surface area contributed by atoms with Gasteiger partial charge in [0.25, 0.3) is 0 Å². The van der Waals surface area contributed by atoms with E-state index >= 15 is 0 Å². The molecule has 1 N–H and O–H groups in total. The van der Waals surface area contributed by atoms with Crippen LogP contribution in [0.25, 0.3) is 0 Å². The fourth-order valence-corrected chi connectivity index (χ4v) is 0.849. The summed E-state index contributed by atoms with van der Waals surface area (Å²) in [5.74, 6) is -0.638. The van der Waals surface area contributed by atoms with Crippen molar-refractivity contribution in [1.82, 2.24) is 5.32 Å². The molecule has 0 radical (unpaired) electrons. The van der Waals surface area contributed by atoms with Crippen LogP contribution in [0.15, 0.2) is 12.7 Å². The quantitative estimate of drug-likeness (QED) is 0.549. The van der Waals surface area contributed by atoms with Crippen LogP contribution in [0.1, 0.15) is 0 Å². The highest BCUT2D eigenvalue weighted by molar-refractivity contribution is 8.00. The average Bonchev–Trinajstić information content (AvgIpc) is 1.96. The van der Waals surface area contributed by atoms with Crippen LogP contribution in [0.3, 0.4) is 0 Å². The lowest BCUT2D eigenvalue weighted by Gasteiger charge is -2.04. The monoisotopic (exact) mass is 199 g/mol. The zero-order chi connectivity index (χ0) is 9.61. The Balaban J connectivity index is 3.34. The molecule has 0 aromatic rings. The van der Waals surface area contributed by atoms with Gasteiger partial charge in [-0.1, -0.05) is 6.58 Å². The molecule has 0 saturated heterocycles. The summed E-state index contributed by atoms with van der Waals surface area (Å²) in [6.07, 6.45) is 1.01. The second kappa shape index (κ2) is 5.08. The van der Waals surface area contributed by atoms with E-state index in [1.165, 1.54) is 0 Å². The summed E-state index contributed by atoms with van der Waals surface area (Å²) in [5.41, 5.74) is -4.22. The van der Waals surface area contributed by atoms with Crippen molar-refractivity contribution in [3.05, 3.63) is 12.7 Å². The SMILES string of the molecule is C=CC(=O)NCCSC(F)(F)F. The van der Waals surface area contributed by atoms with Gasteiger partial charge in [-0.2, -0.15) is 13.2 Å². The van der Waals surface area contributed by atoms with Crippen molar-refractivity contribution >= 4 is 17.7 Å². The van der Waals surface area contributed by atoms with Crippen molar-refractivity contribution in [2.75, 3.05) is 12.3 Å². The number of thioether (sulfide) groups is 1. The van der Waals surface area contributed by atoms with Crippen LogP contribution in [0.5, 0.6) is 0 Å². The van der Waals surface area contributed by atoms with E-state index in [4.69, 9.17) is 0 Å². The second-order valence-corrected chi connectivity index (χ2v) is 2.95. The second-order valence-electron chi connectivity index (χ2n) is 1.79. The summed E-state index contributed by atoms with van der Waals surface area (Å²) in [5, 5.41) is 2.23. The molecular weight excluding hydrogens is 191 g/mol. The summed E-state index contributed by atoms with van der Waals surface area (Å²) >= 11 is -0.163. The van der Waals surface area contributed by atoms with Crippen LogP contribution in [0, 0.1) is 0 Å². The number of hydrogen-bond acceptors (Lipinski definition) is 2. The predicted octanol–water partition coefficient (Wildman–Crippen LogP) is 1.54. The van der Waals surface area contributed by atoms with E-state index in [0.29, 0.717) is 0 Å². The molecule has 0 unspecified atom stereocenters. The fourth-order valence-electron chi connectivity index (χ4n) is 0.413. The van der Waals surface area contributed by atoms with E-state index in [1.54, 1.807) is 0 Å². The molecule has 0 aliphatic carbocycles. The van der Waals surface area contributed by atoms with Gasteiger partial charge in [0.2, 0.25) is 5.91 Å². The Morgan fingerprint density at radius 1 is 1.58 bits per heavy atom. The van der Waals surface area contributed by atoms with Gasteiger partial charge >= 0.3 is 5.51 Å². The molecule has 12 heavy (non-hydrogen) atoms. The number of halogens is 3. The van der Waals surface area contributed by atoms with Gasteiger partial charge in [0.15, 0.2) is 0 Å². The van der Waals surface area contributed by atoms with Crippen LogP contribution in [0.2, 0.25) is 0 Å². The van der Waals surface area contributed by atoms with Crippen LogP contribution in [-0.4, -0.2) is 23.7 Å². The Bertz CT molecular complexity index is 169. The Morgan fingerprint density at radius 2 is 2.17 bits per heavy atom. The van der Waals surface area contributed by atoms with Crippen LogP contribution in [0.4, 0.5) is 13.2 Å². The van der Waals surface area contributed by atoms with E-state index in [9.17, 15) is 18.0 Å². The van der Waals surface area contributed by atoms with E-state index in [-0.39, 0.29) is 24.1 Å². The van der Waals surface area contributed by atoms with E-state index in [1.807, 2.05) is 0 Å². The molecule has 0 saturated carbocycles. The fraction of sp³-hybridized carbons (Fsp3) is 0.500. The zero-order valence-corrected chi connectivity index (χ0v) is 6.97. The lowest BCUT2D eigenvalue weighted by Crippen LogP contribution is -2.24. The largest absolute Gasteiger partial charge is 0.441 e. The molecular formula is C6H8F3NOS. The highest BCUT2D eigenvalue weighted by Gasteiger charge is 2.27. The molecule has 0 atom stereocenters. The molecule has 0 spiro atoms. The minimum atomic E-state index is -4.22. The maximum Gasteiger partial charge on any atom is 0.441 e. The third kappa shape index (κ3) is 7.46. The van der Waals surface area contributed by atoms with Gasteiger partial charge in [0, 0.05) is 12.3 Å². The molecule has 6 heteroatoms. The van der Waals surface area contributed by atoms with Gasteiger partial charge in [0.1, 0.15) is 0 Å². The maximum atomic E-state index is 11.5. The highest BCUT2D eigenvalue weighted by atomic mass is 32.2. The molecule has 1 amide bonds. The molecule has 0 aromatic carbocycles. The Morgan fingerprint density at radius 3 is 2.58 bits per heavy atom. The molecule has 70 valence electrons. The van der Waals surface area contributed by atoms with Gasteiger partial charge in [0.05, 0.1) is 0 Å². The summed E-state index contributed by atoms with van der Waals surface area (Å²) in [6, 6.07) is 0. The predicted molar refractivity (Wildman–Crippen MR) is 41.7 cm³/mol. The summed E-state index contributed by atoms with van der Waals surface area (Å²) in [7, 11) is 0. The molecule has 0 aliphatic rings. The van der Waals surface area contributed by atoms with E-state index in [0.717, 1.165) is 6.08 Å². The molecule has 2 nitrogen and oxygen atoms in total. The summed E-state index contributed by atoms with van der Waals surface area (Å²) < 4.78 is 34.5. The molecule has 0 bridgehead atoms. The first-order valence-corrected chi connectivity index (χ1v) is 4.05. The Labute approximate surface area is 72.2 Å². The van der Waals surface area contributed by atoms with Crippen molar-refractivity contribution in [2.45, 2.75) is 5.51 Å². The number of alkyl halides is 3. The van der Waals surface area contributed by atoms with E-state index < -0.39 is 11.4 Å². The minimum absolute atomic E-state index is 0.00493. The van der Waals surface area contributed by atoms with E-state index in [2.05, 4.69) is 11.9 Å². The maximum absolute atomic E-state index is 11.5. The zero-order valence-electron chi connectivity index (χ0n) is 6.15. The van der Waals surface area contributed by atoms with Gasteiger partial charge in [-0.25, -0.2) is 0 Å². The molecule has 0 fully saturated rings. The number of hydrogen-bond donors (Lipinski definition) is 1. The Kier molecular flexibility index (Phi) is 4.80. The van der Waals surface area contributed by atoms with Crippen LogP contribution in [-0.2, 0) is 4.79 Å². The standard InChI is InChI=1S/C6H8F3NOS/c1-2-5(11)10-3-4-12-6(7,8)9/h2H,1,3-4H2,(H,10,11). The average molecular weight is 199 g/mol. The normalized spacial score (nSPS) is 10.9. The van der Waals surface area contributed by atoms with Crippen molar-refractivity contribution in [3.63, 3.8) is 0 Å². The van der Waals surface area contributed by atoms with Gasteiger partial charge in [-0.3, -0.25) is 4.79 Å². The summed E-state index contributed by atoms with van der Waals surface area (Å²) in [6.45, 7) is 3.14. The van der Waals surface area contributed by atoms with Crippen LogP contribution >= 0.6 is 11.8 Å². The van der Waals surface area contributed by atoms with Gasteiger partial charge in [-0.05, 0) is 17.8 Å². The first kappa shape index (κ1) is 11.4. The molecule has 0 aliphatic heterocycles. The molecule has 0 rings (SSSR count). The number of amides is 1. The van der Waals surface area contributed by atoms with Crippen molar-refractivity contribution in [3.8, 4) is 0 Å². The first-order valence-electron chi connectivity index (χ1n) is 3.06. The van der Waals surface area contributed by atoms with Crippen molar-refractivity contribution in [1.29, 1.82) is 0 Å².